The summed E-state index contributed by atoms with van der Waals surface area (Å²) in [7, 11) is 0. The summed E-state index contributed by atoms with van der Waals surface area (Å²) in [6.45, 7) is 2.13. The van der Waals surface area contributed by atoms with Crippen LogP contribution in [0.1, 0.15) is 22.8 Å². The Morgan fingerprint density at radius 1 is 1.00 bits per heavy atom. The van der Waals surface area contributed by atoms with Gasteiger partial charge in [0, 0.05) is 17.3 Å². The van der Waals surface area contributed by atoms with E-state index in [4.69, 9.17) is 4.74 Å². The number of ether oxygens (including phenoxy) is 1. The molecule has 4 heteroatoms. The van der Waals surface area contributed by atoms with Gasteiger partial charge in [0.25, 0.3) is 0 Å². The van der Waals surface area contributed by atoms with E-state index in [0.717, 1.165) is 27.7 Å². The van der Waals surface area contributed by atoms with Crippen LogP contribution < -0.4 is 0 Å². The Morgan fingerprint density at radius 2 is 1.75 bits per heavy atom. The quantitative estimate of drug-likeness (QED) is 0.458. The normalized spacial score (nSPS) is 10.6. The third-order valence-electron chi connectivity index (χ3n) is 4.69. The zero-order valence-corrected chi connectivity index (χ0v) is 15.4. The van der Waals surface area contributed by atoms with Gasteiger partial charge >= 0.3 is 5.97 Å². The van der Waals surface area contributed by atoms with Gasteiger partial charge in [0.2, 0.25) is 0 Å². The number of benzene rings is 3. The Hall–Kier alpha value is -3.84. The molecular formula is C24H18N2O2. The lowest BCUT2D eigenvalue weighted by molar-refractivity contribution is 0.0526. The fourth-order valence-corrected chi connectivity index (χ4v) is 3.32. The van der Waals surface area contributed by atoms with Crippen LogP contribution in [0.15, 0.2) is 79.0 Å². The summed E-state index contributed by atoms with van der Waals surface area (Å²) >= 11 is 0. The summed E-state index contributed by atoms with van der Waals surface area (Å²) in [5.74, 6) is -0.336. The molecule has 0 fully saturated rings. The fourth-order valence-electron chi connectivity index (χ4n) is 3.32. The van der Waals surface area contributed by atoms with Gasteiger partial charge in [0.05, 0.1) is 23.3 Å². The van der Waals surface area contributed by atoms with Crippen LogP contribution >= 0.6 is 0 Å². The van der Waals surface area contributed by atoms with Gasteiger partial charge in [-0.15, -0.1) is 0 Å². The Kier molecular flexibility index (Phi) is 4.65. The number of hydrogen-bond acceptors (Lipinski definition) is 3. The summed E-state index contributed by atoms with van der Waals surface area (Å²) in [6, 6.07) is 25.7. The first-order valence-corrected chi connectivity index (χ1v) is 9.09. The van der Waals surface area contributed by atoms with Crippen molar-refractivity contribution >= 4 is 16.9 Å². The molecular weight excluding hydrogens is 348 g/mol. The predicted molar refractivity (Wildman–Crippen MR) is 109 cm³/mol. The lowest BCUT2D eigenvalue weighted by Crippen LogP contribution is -2.04. The third kappa shape index (κ3) is 3.15. The molecule has 0 aliphatic rings. The number of rotatable bonds is 4. The highest BCUT2D eigenvalue weighted by atomic mass is 16.5. The summed E-state index contributed by atoms with van der Waals surface area (Å²) in [4.78, 5) is 11.9. The maximum atomic E-state index is 11.9. The van der Waals surface area contributed by atoms with Crippen LogP contribution in [-0.4, -0.2) is 17.1 Å². The first-order valence-electron chi connectivity index (χ1n) is 9.09. The van der Waals surface area contributed by atoms with Crippen molar-refractivity contribution in [2.75, 3.05) is 6.61 Å². The lowest BCUT2D eigenvalue weighted by Gasteiger charge is -2.08. The topological polar surface area (TPSA) is 55.0 Å². The maximum Gasteiger partial charge on any atom is 0.338 e. The number of hydrogen-bond donors (Lipinski definition) is 0. The van der Waals surface area contributed by atoms with Crippen molar-refractivity contribution in [2.24, 2.45) is 0 Å². The van der Waals surface area contributed by atoms with Crippen LogP contribution in [0, 0.1) is 11.3 Å². The molecule has 0 aliphatic carbocycles. The molecule has 1 aromatic heterocycles. The molecule has 0 aliphatic heterocycles. The number of carbonyl (C=O) groups excluding carboxylic acids is 1. The van der Waals surface area contributed by atoms with Crippen LogP contribution in [0.5, 0.6) is 0 Å². The first-order chi connectivity index (χ1) is 13.7. The predicted octanol–water partition coefficient (Wildman–Crippen LogP) is 5.35. The van der Waals surface area contributed by atoms with Gasteiger partial charge in [-0.25, -0.2) is 4.79 Å². The van der Waals surface area contributed by atoms with Crippen molar-refractivity contribution in [3.05, 3.63) is 90.1 Å². The Morgan fingerprint density at radius 3 is 2.43 bits per heavy atom. The van der Waals surface area contributed by atoms with Crippen molar-refractivity contribution in [1.29, 1.82) is 5.26 Å². The second-order valence-electron chi connectivity index (χ2n) is 6.39. The van der Waals surface area contributed by atoms with Crippen molar-refractivity contribution in [1.82, 2.24) is 4.57 Å². The van der Waals surface area contributed by atoms with Crippen LogP contribution in [0.3, 0.4) is 0 Å². The SMILES string of the molecule is CCOC(=O)c1ccc(-n2cc(C#N)c3cc(-c4ccccc4)ccc32)cc1. The van der Waals surface area contributed by atoms with E-state index in [1.54, 1.807) is 19.1 Å². The molecule has 136 valence electrons. The molecule has 4 nitrogen and oxygen atoms in total. The summed E-state index contributed by atoms with van der Waals surface area (Å²) < 4.78 is 7.00. The lowest BCUT2D eigenvalue weighted by atomic mass is 10.0. The number of nitrogens with zero attached hydrogens (tertiary/aromatic N) is 2. The van der Waals surface area contributed by atoms with Gasteiger partial charge in [0.1, 0.15) is 6.07 Å². The van der Waals surface area contributed by atoms with Crippen LogP contribution in [-0.2, 0) is 4.74 Å². The van der Waals surface area contributed by atoms with E-state index >= 15 is 0 Å². The Balaban J connectivity index is 1.78. The van der Waals surface area contributed by atoms with E-state index in [-0.39, 0.29) is 5.97 Å². The number of aromatic nitrogens is 1. The number of nitriles is 1. The van der Waals surface area contributed by atoms with Crippen molar-refractivity contribution in [3.63, 3.8) is 0 Å². The van der Waals surface area contributed by atoms with Gasteiger partial charge in [-0.1, -0.05) is 36.4 Å². The number of fused-ring (bicyclic) bond motifs is 1. The second-order valence-corrected chi connectivity index (χ2v) is 6.39. The second kappa shape index (κ2) is 7.42. The third-order valence-corrected chi connectivity index (χ3v) is 4.69. The van der Waals surface area contributed by atoms with Crippen LogP contribution in [0.2, 0.25) is 0 Å². The average Bonchev–Trinajstić information content (AvgIpc) is 3.12. The molecule has 3 aromatic carbocycles. The molecule has 0 bridgehead atoms. The highest BCUT2D eigenvalue weighted by Crippen LogP contribution is 2.29. The maximum absolute atomic E-state index is 11.9. The molecule has 0 N–H and O–H groups in total. The molecule has 0 spiro atoms. The zero-order valence-electron chi connectivity index (χ0n) is 15.4. The smallest absolute Gasteiger partial charge is 0.338 e. The van der Waals surface area contributed by atoms with E-state index in [9.17, 15) is 10.1 Å². The Bertz CT molecular complexity index is 1180. The standard InChI is InChI=1S/C24H18N2O2/c1-2-28-24(27)18-8-11-21(12-9-18)26-16-20(15-25)22-14-19(10-13-23(22)26)17-6-4-3-5-7-17/h3-14,16H,2H2,1H3. The summed E-state index contributed by atoms with van der Waals surface area (Å²) in [5, 5.41) is 10.5. The number of carbonyl (C=O) groups is 1. The zero-order chi connectivity index (χ0) is 19.5. The Labute approximate surface area is 163 Å². The first kappa shape index (κ1) is 17.6. The molecule has 1 heterocycles. The fraction of sp³-hybridized carbons (Fsp3) is 0.0833. The van der Waals surface area contributed by atoms with Crippen molar-refractivity contribution in [2.45, 2.75) is 6.92 Å². The summed E-state index contributed by atoms with van der Waals surface area (Å²) in [6.07, 6.45) is 1.83. The molecule has 0 radical (unpaired) electrons. The van der Waals surface area contributed by atoms with Crippen LogP contribution in [0.4, 0.5) is 0 Å². The molecule has 28 heavy (non-hydrogen) atoms. The molecule has 0 saturated carbocycles. The molecule has 0 atom stereocenters. The van der Waals surface area contributed by atoms with Crippen LogP contribution in [0.25, 0.3) is 27.7 Å². The van der Waals surface area contributed by atoms with Crippen molar-refractivity contribution < 1.29 is 9.53 Å². The average molecular weight is 366 g/mol. The highest BCUT2D eigenvalue weighted by Gasteiger charge is 2.12. The molecule has 0 saturated heterocycles. The minimum atomic E-state index is -0.336. The van der Waals surface area contributed by atoms with E-state index in [1.165, 1.54) is 0 Å². The van der Waals surface area contributed by atoms with Gasteiger partial charge < -0.3 is 9.30 Å². The van der Waals surface area contributed by atoms with E-state index in [0.29, 0.717) is 17.7 Å². The van der Waals surface area contributed by atoms with E-state index in [1.807, 2.05) is 53.2 Å². The highest BCUT2D eigenvalue weighted by molar-refractivity contribution is 5.92. The van der Waals surface area contributed by atoms with Gasteiger partial charge in [-0.3, -0.25) is 0 Å². The van der Waals surface area contributed by atoms with Gasteiger partial charge in [-0.05, 0) is 54.4 Å². The minimum Gasteiger partial charge on any atom is -0.462 e. The monoisotopic (exact) mass is 366 g/mol. The van der Waals surface area contributed by atoms with Crippen molar-refractivity contribution in [3.8, 4) is 22.9 Å². The minimum absolute atomic E-state index is 0.336. The number of esters is 1. The molecule has 4 rings (SSSR count). The van der Waals surface area contributed by atoms with Gasteiger partial charge in [-0.2, -0.15) is 5.26 Å². The van der Waals surface area contributed by atoms with Gasteiger partial charge in [0.15, 0.2) is 0 Å². The molecule has 0 amide bonds. The van der Waals surface area contributed by atoms with E-state index in [2.05, 4.69) is 24.3 Å². The molecule has 0 unspecified atom stereocenters. The molecule has 4 aromatic rings. The largest absolute Gasteiger partial charge is 0.462 e. The van der Waals surface area contributed by atoms with E-state index < -0.39 is 0 Å². The summed E-state index contributed by atoms with van der Waals surface area (Å²) in [5.41, 5.74) is 5.13.